The maximum Gasteiger partial charge on any atom is 0.417 e. The van der Waals surface area contributed by atoms with Crippen LogP contribution in [0.2, 0.25) is 5.02 Å². The number of alkyl halides is 3. The minimum Gasteiger partial charge on any atom is -0.353 e. The fraction of sp³-hybridized carbons (Fsp3) is 0.600. The average Bonchev–Trinajstić information content (AvgIpc) is 2.94. The highest BCUT2D eigenvalue weighted by Gasteiger charge is 2.33. The molecule has 1 aromatic rings. The number of aromatic nitrogens is 1. The van der Waals surface area contributed by atoms with E-state index in [1.165, 1.54) is 0 Å². The molecule has 0 bridgehead atoms. The van der Waals surface area contributed by atoms with Gasteiger partial charge in [0.1, 0.15) is 5.82 Å². The van der Waals surface area contributed by atoms with Crippen LogP contribution in [-0.2, 0) is 11.0 Å². The number of carbonyl (C=O) groups excluding carboxylic acids is 1. The number of carbonyl (C=O) groups is 1. The summed E-state index contributed by atoms with van der Waals surface area (Å²) in [4.78, 5) is 17.5. The molecule has 1 saturated heterocycles. The molecule has 9 heteroatoms. The van der Waals surface area contributed by atoms with Crippen LogP contribution in [0.5, 0.6) is 0 Å². The van der Waals surface area contributed by atoms with Crippen LogP contribution in [0.4, 0.5) is 19.0 Å². The van der Waals surface area contributed by atoms with Crippen molar-refractivity contribution in [2.75, 3.05) is 18.0 Å². The van der Waals surface area contributed by atoms with Gasteiger partial charge in [-0.1, -0.05) is 24.9 Å². The predicted molar refractivity (Wildman–Crippen MR) is 85.9 cm³/mol. The zero-order valence-electron chi connectivity index (χ0n) is 13.2. The van der Waals surface area contributed by atoms with Crippen molar-refractivity contribution in [2.45, 2.75) is 44.4 Å². The molecular weight excluding hydrogens is 345 g/mol. The summed E-state index contributed by atoms with van der Waals surface area (Å²) in [5, 5.41) is 2.81. The molecule has 1 aliphatic heterocycles. The van der Waals surface area contributed by atoms with Crippen LogP contribution in [0.3, 0.4) is 0 Å². The highest BCUT2D eigenvalue weighted by atomic mass is 35.5. The van der Waals surface area contributed by atoms with Crippen molar-refractivity contribution in [1.82, 2.24) is 10.3 Å². The standard InChI is InChI=1S/C15H20ClF3N4O/c1-2-3-12(20)14(24)22-10-4-5-23(8-10)13-11(16)6-9(7-21-13)15(17,18)19/h6-7,10,12H,2-5,8,20H2,1H3,(H,22,24). The second kappa shape index (κ2) is 7.57. The van der Waals surface area contributed by atoms with E-state index in [9.17, 15) is 18.0 Å². The number of hydrogen-bond acceptors (Lipinski definition) is 4. The summed E-state index contributed by atoms with van der Waals surface area (Å²) in [5.74, 6) is 0.0782. The minimum atomic E-state index is -4.48. The van der Waals surface area contributed by atoms with Gasteiger partial charge in [0, 0.05) is 25.3 Å². The molecule has 0 spiro atoms. The highest BCUT2D eigenvalue weighted by Crippen LogP contribution is 2.34. The van der Waals surface area contributed by atoms with Gasteiger partial charge in [-0.05, 0) is 18.9 Å². The summed E-state index contributed by atoms with van der Waals surface area (Å²) in [7, 11) is 0. The van der Waals surface area contributed by atoms with E-state index in [0.29, 0.717) is 31.7 Å². The zero-order chi connectivity index (χ0) is 17.9. The number of hydrogen-bond donors (Lipinski definition) is 2. The molecule has 2 atom stereocenters. The Morgan fingerprint density at radius 3 is 2.88 bits per heavy atom. The largest absolute Gasteiger partial charge is 0.417 e. The van der Waals surface area contributed by atoms with Gasteiger partial charge in [-0.3, -0.25) is 4.79 Å². The van der Waals surface area contributed by atoms with E-state index in [4.69, 9.17) is 17.3 Å². The average molecular weight is 365 g/mol. The maximum absolute atomic E-state index is 12.6. The number of nitrogens with two attached hydrogens (primary N) is 1. The number of halogens is 4. The van der Waals surface area contributed by atoms with Crippen LogP contribution in [0.25, 0.3) is 0 Å². The van der Waals surface area contributed by atoms with Gasteiger partial charge in [0.15, 0.2) is 0 Å². The lowest BCUT2D eigenvalue weighted by Gasteiger charge is -2.20. The van der Waals surface area contributed by atoms with Crippen LogP contribution in [-0.4, -0.2) is 36.1 Å². The molecule has 24 heavy (non-hydrogen) atoms. The molecule has 5 nitrogen and oxygen atoms in total. The van der Waals surface area contributed by atoms with Crippen LogP contribution >= 0.6 is 11.6 Å². The molecule has 0 saturated carbocycles. The summed E-state index contributed by atoms with van der Waals surface area (Å²) >= 11 is 5.95. The van der Waals surface area contributed by atoms with E-state index in [-0.39, 0.29) is 17.0 Å². The number of amides is 1. The van der Waals surface area contributed by atoms with Gasteiger partial charge >= 0.3 is 6.18 Å². The lowest BCUT2D eigenvalue weighted by atomic mass is 10.1. The molecule has 1 aromatic heterocycles. The monoisotopic (exact) mass is 364 g/mol. The summed E-state index contributed by atoms with van der Waals surface area (Å²) in [6.45, 7) is 2.93. The molecule has 0 aliphatic carbocycles. The fourth-order valence-electron chi connectivity index (χ4n) is 2.64. The number of nitrogens with one attached hydrogen (secondary N) is 1. The normalized spacial score (nSPS) is 19.4. The summed E-state index contributed by atoms with van der Waals surface area (Å²) in [6, 6.07) is 0.199. The Morgan fingerprint density at radius 2 is 2.29 bits per heavy atom. The molecule has 1 fully saturated rings. The van der Waals surface area contributed by atoms with E-state index >= 15 is 0 Å². The number of rotatable bonds is 5. The minimum absolute atomic E-state index is 0.0560. The fourth-order valence-corrected chi connectivity index (χ4v) is 2.93. The summed E-state index contributed by atoms with van der Waals surface area (Å²) in [6.07, 6.45) is -1.63. The van der Waals surface area contributed by atoms with Gasteiger partial charge in [0.05, 0.1) is 16.6 Å². The lowest BCUT2D eigenvalue weighted by Crippen LogP contribution is -2.46. The van der Waals surface area contributed by atoms with E-state index in [2.05, 4.69) is 10.3 Å². The quantitative estimate of drug-likeness (QED) is 0.842. The van der Waals surface area contributed by atoms with Crippen molar-refractivity contribution in [3.63, 3.8) is 0 Å². The highest BCUT2D eigenvalue weighted by molar-refractivity contribution is 6.33. The van der Waals surface area contributed by atoms with Crippen molar-refractivity contribution in [1.29, 1.82) is 0 Å². The van der Waals surface area contributed by atoms with E-state index < -0.39 is 17.8 Å². The first-order valence-corrected chi connectivity index (χ1v) is 8.13. The molecule has 2 unspecified atom stereocenters. The lowest BCUT2D eigenvalue weighted by molar-refractivity contribution is -0.137. The van der Waals surface area contributed by atoms with Gasteiger partial charge in [-0.2, -0.15) is 13.2 Å². The smallest absolute Gasteiger partial charge is 0.353 e. The Kier molecular flexibility index (Phi) is 5.92. The van der Waals surface area contributed by atoms with Crippen molar-refractivity contribution in [3.8, 4) is 0 Å². The third kappa shape index (κ3) is 4.51. The Morgan fingerprint density at radius 1 is 1.58 bits per heavy atom. The third-order valence-corrected chi connectivity index (χ3v) is 4.20. The van der Waals surface area contributed by atoms with Crippen LogP contribution < -0.4 is 16.0 Å². The van der Waals surface area contributed by atoms with Crippen molar-refractivity contribution < 1.29 is 18.0 Å². The van der Waals surface area contributed by atoms with Crippen LogP contribution in [0.15, 0.2) is 12.3 Å². The molecule has 2 heterocycles. The maximum atomic E-state index is 12.6. The predicted octanol–water partition coefficient (Wildman–Crippen LogP) is 2.58. The SMILES string of the molecule is CCCC(N)C(=O)NC1CCN(c2ncc(C(F)(F)F)cc2Cl)C1. The van der Waals surface area contributed by atoms with Gasteiger partial charge in [-0.15, -0.1) is 0 Å². The van der Waals surface area contributed by atoms with Gasteiger partial charge in [-0.25, -0.2) is 4.98 Å². The van der Waals surface area contributed by atoms with E-state index in [1.807, 2.05) is 6.92 Å². The molecule has 1 aliphatic rings. The van der Waals surface area contributed by atoms with E-state index in [1.54, 1.807) is 4.90 Å². The molecule has 2 rings (SSSR count). The van der Waals surface area contributed by atoms with Crippen molar-refractivity contribution >= 4 is 23.3 Å². The topological polar surface area (TPSA) is 71.2 Å². The first-order valence-electron chi connectivity index (χ1n) is 7.76. The Balaban J connectivity index is 1.99. The molecule has 0 aromatic carbocycles. The molecule has 0 radical (unpaired) electrons. The van der Waals surface area contributed by atoms with E-state index in [0.717, 1.165) is 18.7 Å². The Labute approximate surface area is 143 Å². The third-order valence-electron chi connectivity index (χ3n) is 3.92. The summed E-state index contributed by atoms with van der Waals surface area (Å²) < 4.78 is 37.9. The van der Waals surface area contributed by atoms with Crippen molar-refractivity contribution in [2.24, 2.45) is 5.73 Å². The molecule has 3 N–H and O–H groups in total. The van der Waals surface area contributed by atoms with Gasteiger partial charge < -0.3 is 16.0 Å². The molecular formula is C15H20ClF3N4O. The van der Waals surface area contributed by atoms with Gasteiger partial charge in [0.25, 0.3) is 0 Å². The molecule has 1 amide bonds. The molecule has 134 valence electrons. The number of pyridine rings is 1. The Hall–Kier alpha value is -1.54. The number of anilines is 1. The number of nitrogens with zero attached hydrogens (tertiary/aromatic N) is 2. The first-order chi connectivity index (χ1) is 11.2. The van der Waals surface area contributed by atoms with Crippen molar-refractivity contribution in [3.05, 3.63) is 22.8 Å². The van der Waals surface area contributed by atoms with Crippen LogP contribution in [0.1, 0.15) is 31.7 Å². The van der Waals surface area contributed by atoms with Crippen LogP contribution in [0, 0.1) is 0 Å². The second-order valence-corrected chi connectivity index (χ2v) is 6.27. The zero-order valence-corrected chi connectivity index (χ0v) is 14.0. The Bertz CT molecular complexity index is 597. The summed E-state index contributed by atoms with van der Waals surface area (Å²) in [5.41, 5.74) is 4.88. The second-order valence-electron chi connectivity index (χ2n) is 5.86. The van der Waals surface area contributed by atoms with Gasteiger partial charge in [0.2, 0.25) is 5.91 Å². The first kappa shape index (κ1) is 18.8.